The smallest absolute Gasteiger partial charge is 0.255 e. The summed E-state index contributed by atoms with van der Waals surface area (Å²) in [6, 6.07) is 7.31. The van der Waals surface area contributed by atoms with Crippen LogP contribution in [0.5, 0.6) is 0 Å². The van der Waals surface area contributed by atoms with Crippen LogP contribution in [0.15, 0.2) is 29.4 Å². The summed E-state index contributed by atoms with van der Waals surface area (Å²) in [5, 5.41) is 11.4. The number of hydrogen-bond acceptors (Lipinski definition) is 3. The first-order valence-corrected chi connectivity index (χ1v) is 6.18. The average Bonchev–Trinajstić information content (AvgIpc) is 2.35. The van der Waals surface area contributed by atoms with Crippen LogP contribution in [0.2, 0.25) is 0 Å². The zero-order valence-electron chi connectivity index (χ0n) is 9.43. The van der Waals surface area contributed by atoms with Crippen molar-refractivity contribution in [1.82, 2.24) is 4.90 Å². The molecular formula is C11H14IN3O2. The molecule has 0 aliphatic rings. The van der Waals surface area contributed by atoms with Crippen LogP contribution < -0.4 is 5.73 Å². The minimum atomic E-state index is -0.121. The predicted octanol–water partition coefficient (Wildman–Crippen LogP) is 1.50. The van der Waals surface area contributed by atoms with Gasteiger partial charge in [0.2, 0.25) is 0 Å². The Morgan fingerprint density at radius 1 is 1.53 bits per heavy atom. The van der Waals surface area contributed by atoms with Gasteiger partial charge >= 0.3 is 0 Å². The monoisotopic (exact) mass is 347 g/mol. The highest BCUT2D eigenvalue weighted by Gasteiger charge is 2.17. The van der Waals surface area contributed by atoms with Gasteiger partial charge in [-0.3, -0.25) is 4.79 Å². The van der Waals surface area contributed by atoms with Crippen LogP contribution in [-0.2, 0) is 0 Å². The molecule has 0 atom stereocenters. The number of likely N-dealkylation sites (N-methyl/N-ethyl adjacent to an activating group) is 1. The Balaban J connectivity index is 2.91. The second kappa shape index (κ2) is 6.43. The molecule has 17 heavy (non-hydrogen) atoms. The third-order valence-electron chi connectivity index (χ3n) is 2.25. The number of carbonyl (C=O) groups is 1. The molecule has 0 aliphatic carbocycles. The van der Waals surface area contributed by atoms with Crippen molar-refractivity contribution in [2.45, 2.75) is 6.92 Å². The van der Waals surface area contributed by atoms with E-state index in [1.807, 2.05) is 25.1 Å². The minimum Gasteiger partial charge on any atom is -0.409 e. The Morgan fingerprint density at radius 2 is 2.18 bits per heavy atom. The number of amides is 1. The number of carbonyl (C=O) groups excluding carboxylic acids is 1. The van der Waals surface area contributed by atoms with Crippen LogP contribution in [0.3, 0.4) is 0 Å². The van der Waals surface area contributed by atoms with E-state index in [0.717, 1.165) is 3.57 Å². The van der Waals surface area contributed by atoms with Gasteiger partial charge in [0.1, 0.15) is 0 Å². The molecule has 6 heteroatoms. The van der Waals surface area contributed by atoms with Gasteiger partial charge in [-0.15, -0.1) is 0 Å². The van der Waals surface area contributed by atoms with E-state index in [9.17, 15) is 4.79 Å². The van der Waals surface area contributed by atoms with E-state index in [-0.39, 0.29) is 18.3 Å². The SMILES string of the molecule is CCN(CC(N)=NO)C(=O)c1ccccc1I. The first kappa shape index (κ1) is 13.8. The first-order valence-electron chi connectivity index (χ1n) is 5.10. The molecule has 0 fully saturated rings. The number of oxime groups is 1. The Hall–Kier alpha value is -1.31. The average molecular weight is 347 g/mol. The lowest BCUT2D eigenvalue weighted by Crippen LogP contribution is -2.38. The molecule has 0 aromatic heterocycles. The third kappa shape index (κ3) is 3.58. The summed E-state index contributed by atoms with van der Waals surface area (Å²) in [5.74, 6) is -0.102. The highest BCUT2D eigenvalue weighted by atomic mass is 127. The van der Waals surface area contributed by atoms with Gasteiger partial charge in [-0.1, -0.05) is 17.3 Å². The molecule has 0 heterocycles. The molecule has 0 spiro atoms. The summed E-state index contributed by atoms with van der Waals surface area (Å²) in [6.45, 7) is 2.47. The van der Waals surface area contributed by atoms with Gasteiger partial charge in [-0.05, 0) is 41.6 Å². The van der Waals surface area contributed by atoms with Crippen molar-refractivity contribution in [2.75, 3.05) is 13.1 Å². The van der Waals surface area contributed by atoms with Crippen LogP contribution in [0, 0.1) is 3.57 Å². The number of amidine groups is 1. The van der Waals surface area contributed by atoms with Crippen molar-refractivity contribution >= 4 is 34.3 Å². The standard InChI is InChI=1S/C11H14IN3O2/c1-2-15(7-10(13)14-17)11(16)8-5-3-4-6-9(8)12/h3-6,17H,2,7H2,1H3,(H2,13,14). The van der Waals surface area contributed by atoms with Crippen molar-refractivity contribution in [3.05, 3.63) is 33.4 Å². The number of halogens is 1. The van der Waals surface area contributed by atoms with E-state index in [2.05, 4.69) is 27.7 Å². The van der Waals surface area contributed by atoms with Crippen LogP contribution >= 0.6 is 22.6 Å². The van der Waals surface area contributed by atoms with Gasteiger partial charge in [-0.25, -0.2) is 0 Å². The molecular weight excluding hydrogens is 333 g/mol. The van der Waals surface area contributed by atoms with Gasteiger partial charge in [-0.2, -0.15) is 0 Å². The summed E-state index contributed by atoms with van der Waals surface area (Å²) >= 11 is 2.11. The Kier molecular flexibility index (Phi) is 5.20. The number of rotatable bonds is 4. The van der Waals surface area contributed by atoms with Crippen LogP contribution in [0.1, 0.15) is 17.3 Å². The van der Waals surface area contributed by atoms with E-state index in [4.69, 9.17) is 10.9 Å². The molecule has 0 unspecified atom stereocenters. The predicted molar refractivity (Wildman–Crippen MR) is 74.1 cm³/mol. The zero-order valence-corrected chi connectivity index (χ0v) is 11.6. The third-order valence-corrected chi connectivity index (χ3v) is 3.20. The first-order chi connectivity index (χ1) is 8.10. The van der Waals surface area contributed by atoms with Crippen molar-refractivity contribution in [3.63, 3.8) is 0 Å². The van der Waals surface area contributed by atoms with Crippen LogP contribution in [-0.4, -0.2) is 34.9 Å². The van der Waals surface area contributed by atoms with Gasteiger partial charge in [0.15, 0.2) is 5.84 Å². The van der Waals surface area contributed by atoms with E-state index in [1.54, 1.807) is 6.07 Å². The van der Waals surface area contributed by atoms with Crippen LogP contribution in [0.4, 0.5) is 0 Å². The van der Waals surface area contributed by atoms with Crippen molar-refractivity contribution in [3.8, 4) is 0 Å². The molecule has 1 aromatic rings. The molecule has 3 N–H and O–H groups in total. The summed E-state index contributed by atoms with van der Waals surface area (Å²) in [5.41, 5.74) is 6.03. The van der Waals surface area contributed by atoms with Crippen LogP contribution in [0.25, 0.3) is 0 Å². The molecule has 0 radical (unpaired) electrons. The topological polar surface area (TPSA) is 78.9 Å². The fraction of sp³-hybridized carbons (Fsp3) is 0.273. The molecule has 1 aromatic carbocycles. The molecule has 5 nitrogen and oxygen atoms in total. The number of nitrogens with two attached hydrogens (primary N) is 1. The molecule has 0 bridgehead atoms. The molecule has 1 amide bonds. The van der Waals surface area contributed by atoms with Gasteiger partial charge < -0.3 is 15.8 Å². The molecule has 0 saturated carbocycles. The largest absolute Gasteiger partial charge is 0.409 e. The van der Waals surface area contributed by atoms with Crippen molar-refractivity contribution < 1.29 is 10.0 Å². The Bertz CT molecular complexity index is 434. The van der Waals surface area contributed by atoms with Gasteiger partial charge in [0.05, 0.1) is 12.1 Å². The fourth-order valence-corrected chi connectivity index (χ4v) is 1.98. The van der Waals surface area contributed by atoms with E-state index in [1.165, 1.54) is 4.90 Å². The lowest BCUT2D eigenvalue weighted by atomic mass is 10.2. The summed E-state index contributed by atoms with van der Waals surface area (Å²) < 4.78 is 0.882. The maximum Gasteiger partial charge on any atom is 0.255 e. The maximum atomic E-state index is 12.2. The second-order valence-corrected chi connectivity index (χ2v) is 4.55. The van der Waals surface area contributed by atoms with Gasteiger partial charge in [0, 0.05) is 10.1 Å². The van der Waals surface area contributed by atoms with E-state index >= 15 is 0 Å². The molecule has 0 saturated heterocycles. The molecule has 0 aliphatic heterocycles. The second-order valence-electron chi connectivity index (χ2n) is 3.39. The lowest BCUT2D eigenvalue weighted by molar-refractivity contribution is 0.0785. The normalized spacial score (nSPS) is 11.3. The molecule has 1 rings (SSSR count). The lowest BCUT2D eigenvalue weighted by Gasteiger charge is -2.20. The highest BCUT2D eigenvalue weighted by molar-refractivity contribution is 14.1. The maximum absolute atomic E-state index is 12.2. The zero-order chi connectivity index (χ0) is 12.8. The van der Waals surface area contributed by atoms with E-state index < -0.39 is 0 Å². The quantitative estimate of drug-likeness (QED) is 0.285. The van der Waals surface area contributed by atoms with Gasteiger partial charge in [0.25, 0.3) is 5.91 Å². The van der Waals surface area contributed by atoms with Crippen molar-refractivity contribution in [2.24, 2.45) is 10.9 Å². The summed E-state index contributed by atoms with van der Waals surface area (Å²) in [7, 11) is 0. The Labute approximate surface area is 113 Å². The molecule has 92 valence electrons. The summed E-state index contributed by atoms with van der Waals surface area (Å²) in [4.78, 5) is 13.7. The number of hydrogen-bond donors (Lipinski definition) is 2. The fourth-order valence-electron chi connectivity index (χ4n) is 1.36. The number of nitrogens with zero attached hydrogens (tertiary/aromatic N) is 2. The highest BCUT2D eigenvalue weighted by Crippen LogP contribution is 2.13. The minimum absolute atomic E-state index is 0.0196. The summed E-state index contributed by atoms with van der Waals surface area (Å²) in [6.07, 6.45) is 0. The van der Waals surface area contributed by atoms with Crippen molar-refractivity contribution in [1.29, 1.82) is 0 Å². The van der Waals surface area contributed by atoms with E-state index in [0.29, 0.717) is 12.1 Å². The Morgan fingerprint density at radius 3 is 2.71 bits per heavy atom. The number of benzene rings is 1.